The zero-order valence-electron chi connectivity index (χ0n) is 13.2. The van der Waals surface area contributed by atoms with Gasteiger partial charge in [0.25, 0.3) is 0 Å². The molecule has 1 aromatic heterocycles. The molecule has 1 saturated heterocycles. The van der Waals surface area contributed by atoms with E-state index in [-0.39, 0.29) is 11.8 Å². The van der Waals surface area contributed by atoms with Gasteiger partial charge in [0.05, 0.1) is 6.10 Å². The van der Waals surface area contributed by atoms with Crippen LogP contribution in [0.2, 0.25) is 0 Å². The first-order valence-electron chi connectivity index (χ1n) is 8.34. The first kappa shape index (κ1) is 15.5. The summed E-state index contributed by atoms with van der Waals surface area (Å²) in [5.74, 6) is -0.916. The summed E-state index contributed by atoms with van der Waals surface area (Å²) in [6.07, 6.45) is 5.17. The summed E-state index contributed by atoms with van der Waals surface area (Å²) in [7, 11) is 0. The highest BCUT2D eigenvalue weighted by atomic mass is 16.4. The number of hydrogen-bond donors (Lipinski definition) is 2. The molecule has 3 rings (SSSR count). The van der Waals surface area contributed by atoms with Crippen molar-refractivity contribution in [2.45, 2.75) is 64.1 Å². The van der Waals surface area contributed by atoms with Gasteiger partial charge in [0.15, 0.2) is 5.69 Å². The number of hydrogen-bond acceptors (Lipinski definition) is 4. The fraction of sp³-hybridized carbons (Fsp3) is 0.750. The van der Waals surface area contributed by atoms with Crippen LogP contribution in [0.5, 0.6) is 0 Å². The Hall–Kier alpha value is -1.40. The molecular weight excluding hydrogens is 282 g/mol. The number of aliphatic hydroxyl groups excluding tert-OH is 1. The molecule has 0 aromatic carbocycles. The van der Waals surface area contributed by atoms with Gasteiger partial charge in [-0.05, 0) is 38.5 Å². The summed E-state index contributed by atoms with van der Waals surface area (Å²) in [6, 6.07) is 0.386. The number of piperidine rings is 1. The number of aliphatic hydroxyl groups is 1. The van der Waals surface area contributed by atoms with E-state index in [1.54, 1.807) is 0 Å². The summed E-state index contributed by atoms with van der Waals surface area (Å²) >= 11 is 0. The molecule has 1 atom stereocenters. The van der Waals surface area contributed by atoms with Crippen LogP contribution >= 0.6 is 0 Å². The molecule has 2 heterocycles. The second-order valence-corrected chi connectivity index (χ2v) is 6.47. The van der Waals surface area contributed by atoms with E-state index in [4.69, 9.17) is 0 Å². The number of carboxylic acid groups (broad SMARTS) is 1. The lowest BCUT2D eigenvalue weighted by Gasteiger charge is -2.38. The van der Waals surface area contributed by atoms with E-state index in [1.165, 1.54) is 0 Å². The standard InChI is InChI=1S/C16H25N3O3/c1-2-7-19-14-4-3-11(18-8-5-12(20)6-9-18)10-13(14)15(17-19)16(21)22/h11-12,20H,2-10H2,1H3,(H,21,22)/t11-/m1/s1. The molecule has 22 heavy (non-hydrogen) atoms. The molecule has 0 saturated carbocycles. The third-order valence-electron chi connectivity index (χ3n) is 4.97. The molecule has 0 amide bonds. The summed E-state index contributed by atoms with van der Waals surface area (Å²) in [5, 5.41) is 23.4. The summed E-state index contributed by atoms with van der Waals surface area (Å²) in [4.78, 5) is 13.9. The summed E-state index contributed by atoms with van der Waals surface area (Å²) in [6.45, 7) is 4.69. The quantitative estimate of drug-likeness (QED) is 0.877. The van der Waals surface area contributed by atoms with E-state index in [9.17, 15) is 15.0 Å². The summed E-state index contributed by atoms with van der Waals surface area (Å²) in [5.41, 5.74) is 2.29. The number of nitrogens with zero attached hydrogens (tertiary/aromatic N) is 3. The van der Waals surface area contributed by atoms with Crippen molar-refractivity contribution < 1.29 is 15.0 Å². The Morgan fingerprint density at radius 2 is 2.05 bits per heavy atom. The lowest BCUT2D eigenvalue weighted by molar-refractivity contribution is 0.0566. The molecule has 0 spiro atoms. The highest BCUT2D eigenvalue weighted by Crippen LogP contribution is 2.29. The maximum atomic E-state index is 11.5. The number of carbonyl (C=O) groups is 1. The Morgan fingerprint density at radius 1 is 1.32 bits per heavy atom. The molecule has 2 N–H and O–H groups in total. The van der Waals surface area contributed by atoms with Crippen molar-refractivity contribution >= 4 is 5.97 Å². The second-order valence-electron chi connectivity index (χ2n) is 6.47. The fourth-order valence-corrected chi connectivity index (χ4v) is 3.80. The average Bonchev–Trinajstić information content (AvgIpc) is 2.87. The van der Waals surface area contributed by atoms with Crippen LogP contribution < -0.4 is 0 Å². The normalized spacial score (nSPS) is 23.5. The van der Waals surface area contributed by atoms with Gasteiger partial charge in [0.2, 0.25) is 0 Å². The molecule has 6 nitrogen and oxygen atoms in total. The van der Waals surface area contributed by atoms with Crippen LogP contribution in [-0.4, -0.2) is 56.1 Å². The number of aryl methyl sites for hydroxylation is 1. The van der Waals surface area contributed by atoms with Crippen molar-refractivity contribution in [2.75, 3.05) is 13.1 Å². The Kier molecular flexibility index (Phi) is 4.49. The van der Waals surface area contributed by atoms with Gasteiger partial charge in [-0.2, -0.15) is 5.10 Å². The molecule has 1 aliphatic heterocycles. The van der Waals surface area contributed by atoms with Gasteiger partial charge in [-0.15, -0.1) is 0 Å². The van der Waals surface area contributed by atoms with Crippen molar-refractivity contribution in [3.8, 4) is 0 Å². The molecule has 1 fully saturated rings. The third kappa shape index (κ3) is 2.90. The van der Waals surface area contributed by atoms with Crippen molar-refractivity contribution in [1.82, 2.24) is 14.7 Å². The number of fused-ring (bicyclic) bond motifs is 1. The largest absolute Gasteiger partial charge is 0.476 e. The van der Waals surface area contributed by atoms with Crippen molar-refractivity contribution in [3.05, 3.63) is 17.0 Å². The molecule has 1 aliphatic carbocycles. The minimum Gasteiger partial charge on any atom is -0.476 e. The zero-order valence-corrected chi connectivity index (χ0v) is 13.2. The van der Waals surface area contributed by atoms with Gasteiger partial charge in [-0.1, -0.05) is 6.92 Å². The Morgan fingerprint density at radius 3 is 2.68 bits per heavy atom. The number of likely N-dealkylation sites (tertiary alicyclic amines) is 1. The zero-order chi connectivity index (χ0) is 15.7. The second kappa shape index (κ2) is 6.38. The third-order valence-corrected chi connectivity index (χ3v) is 4.97. The fourth-order valence-electron chi connectivity index (χ4n) is 3.80. The smallest absolute Gasteiger partial charge is 0.356 e. The van der Waals surface area contributed by atoms with E-state index >= 15 is 0 Å². The van der Waals surface area contributed by atoms with Crippen molar-refractivity contribution in [3.63, 3.8) is 0 Å². The van der Waals surface area contributed by atoms with Crippen molar-refractivity contribution in [1.29, 1.82) is 0 Å². The topological polar surface area (TPSA) is 78.6 Å². The number of carboxylic acids is 1. The molecule has 0 radical (unpaired) electrons. The van der Waals surface area contributed by atoms with Crippen LogP contribution in [-0.2, 0) is 19.4 Å². The Labute approximate surface area is 130 Å². The highest BCUT2D eigenvalue weighted by molar-refractivity contribution is 5.87. The minimum atomic E-state index is -0.916. The SMILES string of the molecule is CCCn1nc(C(=O)O)c2c1CC[C@@H](N1CCC(O)CC1)C2. The highest BCUT2D eigenvalue weighted by Gasteiger charge is 2.32. The molecule has 0 bridgehead atoms. The van der Waals surface area contributed by atoms with E-state index in [0.29, 0.717) is 6.04 Å². The van der Waals surface area contributed by atoms with Crippen LogP contribution in [0, 0.1) is 0 Å². The van der Waals surface area contributed by atoms with Gasteiger partial charge < -0.3 is 10.2 Å². The lowest BCUT2D eigenvalue weighted by Crippen LogP contribution is -2.45. The van der Waals surface area contributed by atoms with Gasteiger partial charge in [0, 0.05) is 36.9 Å². The van der Waals surface area contributed by atoms with Crippen LogP contribution in [0.1, 0.15) is 54.4 Å². The van der Waals surface area contributed by atoms with Gasteiger partial charge in [-0.25, -0.2) is 4.79 Å². The van der Waals surface area contributed by atoms with Crippen molar-refractivity contribution in [2.24, 2.45) is 0 Å². The monoisotopic (exact) mass is 307 g/mol. The summed E-state index contributed by atoms with van der Waals surface area (Å²) < 4.78 is 1.90. The molecule has 1 aromatic rings. The van der Waals surface area contributed by atoms with Crippen LogP contribution in [0.3, 0.4) is 0 Å². The molecule has 122 valence electrons. The minimum absolute atomic E-state index is 0.169. The first-order valence-corrected chi connectivity index (χ1v) is 8.34. The molecule has 6 heteroatoms. The van der Waals surface area contributed by atoms with Gasteiger partial charge >= 0.3 is 5.97 Å². The van der Waals surface area contributed by atoms with E-state index in [1.807, 2.05) is 4.68 Å². The Bertz CT molecular complexity index is 547. The van der Waals surface area contributed by atoms with E-state index in [2.05, 4.69) is 16.9 Å². The number of aromatic carboxylic acids is 1. The molecule has 2 aliphatic rings. The number of rotatable bonds is 4. The maximum absolute atomic E-state index is 11.5. The van der Waals surface area contributed by atoms with Crippen LogP contribution in [0.15, 0.2) is 0 Å². The predicted octanol–water partition coefficient (Wildman–Crippen LogP) is 1.31. The van der Waals surface area contributed by atoms with Crippen LogP contribution in [0.4, 0.5) is 0 Å². The van der Waals surface area contributed by atoms with E-state index < -0.39 is 5.97 Å². The lowest BCUT2D eigenvalue weighted by atomic mass is 9.89. The van der Waals surface area contributed by atoms with Crippen LogP contribution in [0.25, 0.3) is 0 Å². The number of aromatic nitrogens is 2. The molecule has 0 unspecified atom stereocenters. The first-order chi connectivity index (χ1) is 10.6. The molecular formula is C16H25N3O3. The van der Waals surface area contributed by atoms with Gasteiger partial charge in [0.1, 0.15) is 0 Å². The van der Waals surface area contributed by atoms with Gasteiger partial charge in [-0.3, -0.25) is 9.58 Å². The van der Waals surface area contributed by atoms with E-state index in [0.717, 1.165) is 69.4 Å². The predicted molar refractivity (Wildman–Crippen MR) is 82.1 cm³/mol. The maximum Gasteiger partial charge on any atom is 0.356 e. The average molecular weight is 307 g/mol. The Balaban J connectivity index is 1.80.